The molecule has 2 rings (SSSR count). The Labute approximate surface area is 98.3 Å². The van der Waals surface area contributed by atoms with Gasteiger partial charge in [-0.2, -0.15) is 0 Å². The second kappa shape index (κ2) is 5.59. The van der Waals surface area contributed by atoms with E-state index in [-0.39, 0.29) is 12.4 Å². The third kappa shape index (κ3) is 3.90. The van der Waals surface area contributed by atoms with Crippen LogP contribution in [-0.2, 0) is 0 Å². The Balaban J connectivity index is 0.00000112. The minimum absolute atomic E-state index is 0. The first-order valence-electron chi connectivity index (χ1n) is 5.90. The maximum absolute atomic E-state index is 7.74. The van der Waals surface area contributed by atoms with Gasteiger partial charge < -0.3 is 10.6 Å². The summed E-state index contributed by atoms with van der Waals surface area (Å²) < 4.78 is 0. The molecule has 4 heteroatoms. The molecule has 15 heavy (non-hydrogen) atoms. The SMILES string of the molecule is CCCNC(=N)NC(C1CC1)C1CC1.Cl. The summed E-state index contributed by atoms with van der Waals surface area (Å²) in [4.78, 5) is 0. The lowest BCUT2D eigenvalue weighted by molar-refractivity contribution is 0.474. The van der Waals surface area contributed by atoms with Crippen LogP contribution in [-0.4, -0.2) is 18.5 Å². The van der Waals surface area contributed by atoms with E-state index in [1.54, 1.807) is 0 Å². The first-order valence-corrected chi connectivity index (χ1v) is 5.90. The zero-order valence-corrected chi connectivity index (χ0v) is 10.2. The van der Waals surface area contributed by atoms with E-state index in [4.69, 9.17) is 5.41 Å². The molecule has 0 saturated heterocycles. The van der Waals surface area contributed by atoms with Gasteiger partial charge in [-0.3, -0.25) is 5.41 Å². The average molecular weight is 232 g/mol. The molecule has 0 aliphatic heterocycles. The molecule has 0 aromatic rings. The van der Waals surface area contributed by atoms with Crippen LogP contribution >= 0.6 is 12.4 Å². The lowest BCUT2D eigenvalue weighted by Crippen LogP contribution is -2.45. The molecule has 0 amide bonds. The van der Waals surface area contributed by atoms with Crippen molar-refractivity contribution in [3.63, 3.8) is 0 Å². The first-order chi connectivity index (χ1) is 6.81. The Morgan fingerprint density at radius 1 is 1.27 bits per heavy atom. The quantitative estimate of drug-likeness (QED) is 0.502. The van der Waals surface area contributed by atoms with Gasteiger partial charge in [-0.25, -0.2) is 0 Å². The fourth-order valence-electron chi connectivity index (χ4n) is 2.00. The van der Waals surface area contributed by atoms with Crippen molar-refractivity contribution in [3.05, 3.63) is 0 Å². The molecule has 0 radical (unpaired) electrons. The van der Waals surface area contributed by atoms with Crippen LogP contribution in [0.4, 0.5) is 0 Å². The molecule has 0 aromatic carbocycles. The standard InChI is InChI=1S/C11H21N3.ClH/c1-2-7-13-11(12)14-10(8-3-4-8)9-5-6-9;/h8-10H,2-7H2,1H3,(H3,12,13,14);1H. The Morgan fingerprint density at radius 2 is 1.80 bits per heavy atom. The van der Waals surface area contributed by atoms with Crippen molar-refractivity contribution in [2.75, 3.05) is 6.54 Å². The van der Waals surface area contributed by atoms with Gasteiger partial charge in [-0.1, -0.05) is 6.92 Å². The van der Waals surface area contributed by atoms with Gasteiger partial charge in [0.25, 0.3) is 0 Å². The molecule has 2 fully saturated rings. The van der Waals surface area contributed by atoms with E-state index in [1.807, 2.05) is 0 Å². The number of hydrogen-bond acceptors (Lipinski definition) is 1. The highest BCUT2D eigenvalue weighted by atomic mass is 35.5. The molecular weight excluding hydrogens is 210 g/mol. The van der Waals surface area contributed by atoms with E-state index < -0.39 is 0 Å². The highest BCUT2D eigenvalue weighted by Gasteiger charge is 2.41. The van der Waals surface area contributed by atoms with Gasteiger partial charge in [-0.05, 0) is 43.9 Å². The second-order valence-electron chi connectivity index (χ2n) is 4.65. The number of nitrogens with one attached hydrogen (secondary N) is 3. The molecule has 2 saturated carbocycles. The topological polar surface area (TPSA) is 47.9 Å². The largest absolute Gasteiger partial charge is 0.357 e. The summed E-state index contributed by atoms with van der Waals surface area (Å²) in [5.74, 6) is 2.27. The van der Waals surface area contributed by atoms with Crippen molar-refractivity contribution in [2.45, 2.75) is 45.1 Å². The van der Waals surface area contributed by atoms with Crippen molar-refractivity contribution in [3.8, 4) is 0 Å². The van der Waals surface area contributed by atoms with E-state index in [0.29, 0.717) is 12.0 Å². The lowest BCUT2D eigenvalue weighted by Gasteiger charge is -2.19. The van der Waals surface area contributed by atoms with Gasteiger partial charge in [0, 0.05) is 12.6 Å². The van der Waals surface area contributed by atoms with E-state index >= 15 is 0 Å². The van der Waals surface area contributed by atoms with Crippen molar-refractivity contribution < 1.29 is 0 Å². The number of hydrogen-bond donors (Lipinski definition) is 3. The average Bonchev–Trinajstić information content (AvgIpc) is 3.04. The maximum atomic E-state index is 7.74. The highest BCUT2D eigenvalue weighted by molar-refractivity contribution is 5.85. The monoisotopic (exact) mass is 231 g/mol. The van der Waals surface area contributed by atoms with E-state index in [2.05, 4.69) is 17.6 Å². The molecule has 3 N–H and O–H groups in total. The summed E-state index contributed by atoms with van der Waals surface area (Å²) in [6.07, 6.45) is 6.57. The van der Waals surface area contributed by atoms with Gasteiger partial charge in [0.05, 0.1) is 0 Å². The minimum Gasteiger partial charge on any atom is -0.357 e. The molecule has 0 aromatic heterocycles. The van der Waals surface area contributed by atoms with Gasteiger partial charge in [0.15, 0.2) is 5.96 Å². The summed E-state index contributed by atoms with van der Waals surface area (Å²) in [7, 11) is 0. The summed E-state index contributed by atoms with van der Waals surface area (Å²) in [6, 6.07) is 0.604. The third-order valence-electron chi connectivity index (χ3n) is 3.12. The maximum Gasteiger partial charge on any atom is 0.188 e. The molecule has 0 atom stereocenters. The fourth-order valence-corrected chi connectivity index (χ4v) is 2.00. The van der Waals surface area contributed by atoms with Crippen molar-refractivity contribution in [2.24, 2.45) is 11.8 Å². The molecule has 2 aliphatic rings. The fraction of sp³-hybridized carbons (Fsp3) is 0.909. The molecule has 2 aliphatic carbocycles. The molecule has 0 bridgehead atoms. The summed E-state index contributed by atoms with van der Waals surface area (Å²) >= 11 is 0. The van der Waals surface area contributed by atoms with Crippen LogP contribution in [0.2, 0.25) is 0 Å². The van der Waals surface area contributed by atoms with Gasteiger partial charge >= 0.3 is 0 Å². The predicted octanol–water partition coefficient (Wildman–Crippen LogP) is 2.12. The number of rotatable bonds is 5. The zero-order chi connectivity index (χ0) is 9.97. The molecule has 0 unspecified atom stereocenters. The molecule has 0 heterocycles. The van der Waals surface area contributed by atoms with Crippen LogP contribution in [0.25, 0.3) is 0 Å². The lowest BCUT2D eigenvalue weighted by atomic mass is 10.1. The van der Waals surface area contributed by atoms with Crippen molar-refractivity contribution in [1.29, 1.82) is 5.41 Å². The van der Waals surface area contributed by atoms with Gasteiger partial charge in [-0.15, -0.1) is 12.4 Å². The Morgan fingerprint density at radius 3 is 2.20 bits per heavy atom. The first kappa shape index (κ1) is 12.6. The van der Waals surface area contributed by atoms with Crippen LogP contribution in [0.5, 0.6) is 0 Å². The van der Waals surface area contributed by atoms with Crippen LogP contribution in [0.15, 0.2) is 0 Å². The highest BCUT2D eigenvalue weighted by Crippen LogP contribution is 2.44. The second-order valence-corrected chi connectivity index (χ2v) is 4.65. The summed E-state index contributed by atoms with van der Waals surface area (Å²) in [5.41, 5.74) is 0. The molecule has 3 nitrogen and oxygen atoms in total. The smallest absolute Gasteiger partial charge is 0.188 e. The Hall–Kier alpha value is -0.440. The van der Waals surface area contributed by atoms with E-state index in [9.17, 15) is 0 Å². The third-order valence-corrected chi connectivity index (χ3v) is 3.12. The van der Waals surface area contributed by atoms with Gasteiger partial charge in [0.1, 0.15) is 0 Å². The van der Waals surface area contributed by atoms with Crippen LogP contribution < -0.4 is 10.6 Å². The Kier molecular flexibility index (Phi) is 4.71. The summed E-state index contributed by atoms with van der Waals surface area (Å²) in [6.45, 7) is 3.04. The van der Waals surface area contributed by atoms with Gasteiger partial charge in [0.2, 0.25) is 0 Å². The summed E-state index contributed by atoms with van der Waals surface area (Å²) in [5, 5.41) is 14.2. The minimum atomic E-state index is 0. The van der Waals surface area contributed by atoms with Crippen LogP contribution in [0.3, 0.4) is 0 Å². The molecular formula is C11H22ClN3. The number of halogens is 1. The van der Waals surface area contributed by atoms with E-state index in [1.165, 1.54) is 25.7 Å². The number of guanidine groups is 1. The van der Waals surface area contributed by atoms with Crippen LogP contribution in [0.1, 0.15) is 39.0 Å². The van der Waals surface area contributed by atoms with Crippen LogP contribution in [0, 0.1) is 17.2 Å². The van der Waals surface area contributed by atoms with Crippen molar-refractivity contribution >= 4 is 18.4 Å². The van der Waals surface area contributed by atoms with Crippen molar-refractivity contribution in [1.82, 2.24) is 10.6 Å². The zero-order valence-electron chi connectivity index (χ0n) is 9.38. The molecule has 0 spiro atoms. The predicted molar refractivity (Wildman–Crippen MR) is 65.6 cm³/mol. The normalized spacial score (nSPS) is 19.6. The molecule has 88 valence electrons. The van der Waals surface area contributed by atoms with E-state index in [0.717, 1.165) is 24.8 Å². The Bertz CT molecular complexity index is 200.